The van der Waals surface area contributed by atoms with Gasteiger partial charge in [-0.05, 0) is 17.9 Å². The fraction of sp³-hybridized carbons (Fsp3) is 0.588. The Hall–Kier alpha value is -1.39. The summed E-state index contributed by atoms with van der Waals surface area (Å²) in [5, 5.41) is 10.3. The van der Waals surface area contributed by atoms with Crippen molar-refractivity contribution in [3.8, 4) is 0 Å². The van der Waals surface area contributed by atoms with Crippen molar-refractivity contribution in [3.05, 3.63) is 35.9 Å². The standard InChI is InChI=1S/C17H24N2O2/c1-13-11-15(13)17(21)19-9-7-18(8-10-19)12-16(20)14-5-3-2-4-6-14/h2-6,13,15-16,20H,7-12H2,1H3. The summed E-state index contributed by atoms with van der Waals surface area (Å²) in [6, 6.07) is 9.77. The van der Waals surface area contributed by atoms with Crippen molar-refractivity contribution < 1.29 is 9.90 Å². The SMILES string of the molecule is CC1CC1C(=O)N1CCN(CC(O)c2ccccc2)CC1. The predicted octanol–water partition coefficient (Wildman–Crippen LogP) is 1.52. The lowest BCUT2D eigenvalue weighted by Gasteiger charge is -2.35. The van der Waals surface area contributed by atoms with Crippen LogP contribution in [0, 0.1) is 11.8 Å². The lowest BCUT2D eigenvalue weighted by Crippen LogP contribution is -2.50. The molecule has 1 amide bonds. The van der Waals surface area contributed by atoms with Crippen molar-refractivity contribution in [1.29, 1.82) is 0 Å². The van der Waals surface area contributed by atoms with Crippen LogP contribution in [0.4, 0.5) is 0 Å². The van der Waals surface area contributed by atoms with E-state index in [9.17, 15) is 9.90 Å². The molecule has 1 N–H and O–H groups in total. The molecular formula is C17H24N2O2. The fourth-order valence-electron chi connectivity index (χ4n) is 3.08. The quantitative estimate of drug-likeness (QED) is 0.913. The molecule has 21 heavy (non-hydrogen) atoms. The number of aliphatic hydroxyl groups is 1. The zero-order valence-electron chi connectivity index (χ0n) is 12.6. The molecule has 1 aromatic rings. The molecule has 3 unspecified atom stereocenters. The number of hydrogen-bond donors (Lipinski definition) is 1. The molecule has 4 nitrogen and oxygen atoms in total. The van der Waals surface area contributed by atoms with Crippen molar-refractivity contribution in [2.75, 3.05) is 32.7 Å². The molecule has 1 saturated carbocycles. The van der Waals surface area contributed by atoms with E-state index in [0.717, 1.165) is 38.2 Å². The first-order valence-corrected chi connectivity index (χ1v) is 7.89. The topological polar surface area (TPSA) is 43.8 Å². The Morgan fingerprint density at radius 2 is 1.86 bits per heavy atom. The molecule has 0 bridgehead atoms. The van der Waals surface area contributed by atoms with Gasteiger partial charge in [-0.1, -0.05) is 37.3 Å². The Morgan fingerprint density at radius 3 is 2.43 bits per heavy atom. The second-order valence-electron chi connectivity index (χ2n) is 6.37. The number of rotatable bonds is 4. The molecule has 1 aliphatic heterocycles. The van der Waals surface area contributed by atoms with E-state index in [1.165, 1.54) is 0 Å². The number of hydrogen-bond acceptors (Lipinski definition) is 3. The highest BCUT2D eigenvalue weighted by Crippen LogP contribution is 2.39. The second-order valence-corrected chi connectivity index (χ2v) is 6.37. The van der Waals surface area contributed by atoms with Crippen LogP contribution in [0.25, 0.3) is 0 Å². The minimum Gasteiger partial charge on any atom is -0.387 e. The summed E-state index contributed by atoms with van der Waals surface area (Å²) in [5.41, 5.74) is 0.961. The molecule has 3 rings (SSSR count). The molecule has 1 heterocycles. The van der Waals surface area contributed by atoms with Gasteiger partial charge in [0.05, 0.1) is 6.10 Å². The van der Waals surface area contributed by atoms with E-state index < -0.39 is 6.10 Å². The van der Waals surface area contributed by atoms with Crippen LogP contribution in [0.1, 0.15) is 25.0 Å². The van der Waals surface area contributed by atoms with E-state index in [-0.39, 0.29) is 5.92 Å². The smallest absolute Gasteiger partial charge is 0.226 e. The first-order valence-electron chi connectivity index (χ1n) is 7.89. The molecule has 3 atom stereocenters. The summed E-state index contributed by atoms with van der Waals surface area (Å²) < 4.78 is 0. The van der Waals surface area contributed by atoms with Crippen LogP contribution in [0.15, 0.2) is 30.3 Å². The molecule has 1 aliphatic carbocycles. The zero-order valence-corrected chi connectivity index (χ0v) is 12.6. The number of carbonyl (C=O) groups excluding carboxylic acids is 1. The Morgan fingerprint density at radius 1 is 1.24 bits per heavy atom. The third-order valence-corrected chi connectivity index (χ3v) is 4.73. The summed E-state index contributed by atoms with van der Waals surface area (Å²) in [6.45, 7) is 6.10. The average molecular weight is 288 g/mol. The largest absolute Gasteiger partial charge is 0.387 e. The highest BCUT2D eigenvalue weighted by atomic mass is 16.3. The summed E-state index contributed by atoms with van der Waals surface area (Å²) in [5.74, 6) is 1.20. The van der Waals surface area contributed by atoms with Gasteiger partial charge in [0.25, 0.3) is 0 Å². The number of amides is 1. The van der Waals surface area contributed by atoms with Crippen molar-refractivity contribution in [2.45, 2.75) is 19.4 Å². The summed E-state index contributed by atoms with van der Waals surface area (Å²) in [4.78, 5) is 16.4. The molecule has 1 aromatic carbocycles. The van der Waals surface area contributed by atoms with Gasteiger partial charge in [-0.15, -0.1) is 0 Å². The maximum absolute atomic E-state index is 12.2. The maximum Gasteiger partial charge on any atom is 0.226 e. The van der Waals surface area contributed by atoms with Gasteiger partial charge >= 0.3 is 0 Å². The molecule has 0 aromatic heterocycles. The van der Waals surface area contributed by atoms with Gasteiger partial charge in [0.2, 0.25) is 5.91 Å². The van der Waals surface area contributed by atoms with Crippen LogP contribution in [0.2, 0.25) is 0 Å². The monoisotopic (exact) mass is 288 g/mol. The van der Waals surface area contributed by atoms with Crippen molar-refractivity contribution in [2.24, 2.45) is 11.8 Å². The second kappa shape index (κ2) is 6.16. The molecule has 2 fully saturated rings. The zero-order chi connectivity index (χ0) is 14.8. The van der Waals surface area contributed by atoms with Gasteiger partial charge in [-0.3, -0.25) is 9.69 Å². The molecule has 0 spiro atoms. The molecule has 114 valence electrons. The average Bonchev–Trinajstić information content (AvgIpc) is 3.25. The number of nitrogens with zero attached hydrogens (tertiary/aromatic N) is 2. The Bertz CT molecular complexity index is 483. The van der Waals surface area contributed by atoms with E-state index >= 15 is 0 Å². The minimum absolute atomic E-state index is 0.284. The molecular weight excluding hydrogens is 264 g/mol. The van der Waals surface area contributed by atoms with Gasteiger partial charge in [-0.2, -0.15) is 0 Å². The van der Waals surface area contributed by atoms with E-state index in [2.05, 4.69) is 11.8 Å². The van der Waals surface area contributed by atoms with Crippen LogP contribution >= 0.6 is 0 Å². The van der Waals surface area contributed by atoms with E-state index in [1.807, 2.05) is 35.2 Å². The summed E-state index contributed by atoms with van der Waals surface area (Å²) in [6.07, 6.45) is 0.614. The Kier molecular flexibility index (Phi) is 4.27. The molecule has 4 heteroatoms. The number of β-amino-alcohol motifs (C(OH)–C–C–N with tert-alkyl or cyclic N) is 1. The van der Waals surface area contributed by atoms with E-state index in [0.29, 0.717) is 18.4 Å². The summed E-state index contributed by atoms with van der Waals surface area (Å²) in [7, 11) is 0. The number of piperazine rings is 1. The highest BCUT2D eigenvalue weighted by Gasteiger charge is 2.41. The minimum atomic E-state index is -0.447. The van der Waals surface area contributed by atoms with E-state index in [4.69, 9.17) is 0 Å². The third kappa shape index (κ3) is 3.44. The van der Waals surface area contributed by atoms with Gasteiger partial charge < -0.3 is 10.0 Å². The first kappa shape index (κ1) is 14.5. The van der Waals surface area contributed by atoms with E-state index in [1.54, 1.807) is 0 Å². The van der Waals surface area contributed by atoms with Gasteiger partial charge in [0, 0.05) is 38.6 Å². The lowest BCUT2D eigenvalue weighted by atomic mass is 10.1. The highest BCUT2D eigenvalue weighted by molar-refractivity contribution is 5.81. The van der Waals surface area contributed by atoms with Crippen LogP contribution in [0.3, 0.4) is 0 Å². The maximum atomic E-state index is 12.2. The Balaban J connectivity index is 1.46. The van der Waals surface area contributed by atoms with Gasteiger partial charge in [-0.25, -0.2) is 0 Å². The number of benzene rings is 1. The van der Waals surface area contributed by atoms with Gasteiger partial charge in [0.1, 0.15) is 0 Å². The van der Waals surface area contributed by atoms with Crippen LogP contribution in [0.5, 0.6) is 0 Å². The molecule has 0 radical (unpaired) electrons. The molecule has 2 aliphatic rings. The third-order valence-electron chi connectivity index (χ3n) is 4.73. The number of aliphatic hydroxyl groups excluding tert-OH is 1. The van der Waals surface area contributed by atoms with Crippen LogP contribution < -0.4 is 0 Å². The van der Waals surface area contributed by atoms with Crippen LogP contribution in [-0.2, 0) is 4.79 Å². The van der Waals surface area contributed by atoms with Crippen LogP contribution in [-0.4, -0.2) is 53.5 Å². The first-order chi connectivity index (χ1) is 10.1. The van der Waals surface area contributed by atoms with Gasteiger partial charge in [0.15, 0.2) is 0 Å². The van der Waals surface area contributed by atoms with Crippen molar-refractivity contribution in [3.63, 3.8) is 0 Å². The van der Waals surface area contributed by atoms with Crippen molar-refractivity contribution in [1.82, 2.24) is 9.80 Å². The Labute approximate surface area is 126 Å². The number of carbonyl (C=O) groups is 1. The summed E-state index contributed by atoms with van der Waals surface area (Å²) >= 11 is 0. The lowest BCUT2D eigenvalue weighted by molar-refractivity contribution is -0.134. The normalized spacial score (nSPS) is 27.4. The predicted molar refractivity (Wildman–Crippen MR) is 81.7 cm³/mol. The molecule has 1 saturated heterocycles. The van der Waals surface area contributed by atoms with Crippen molar-refractivity contribution >= 4 is 5.91 Å². The fourth-order valence-corrected chi connectivity index (χ4v) is 3.08.